The minimum Gasteiger partial charge on any atom is -0.381 e. The van der Waals surface area contributed by atoms with Gasteiger partial charge in [0.15, 0.2) is 0 Å². The third-order valence-corrected chi connectivity index (χ3v) is 4.80. The average molecular weight is 368 g/mol. The number of hydrogen-bond donors (Lipinski definition) is 3. The number of hydrogen-bond acceptors (Lipinski definition) is 3. The summed E-state index contributed by atoms with van der Waals surface area (Å²) in [5.74, 6) is -0.201. The first kappa shape index (κ1) is 19.5. The van der Waals surface area contributed by atoms with E-state index in [0.29, 0.717) is 31.3 Å². The predicted octanol–water partition coefficient (Wildman–Crippen LogP) is 2.21. The van der Waals surface area contributed by atoms with Gasteiger partial charge >= 0.3 is 6.03 Å². The minimum absolute atomic E-state index is 0.201. The Morgan fingerprint density at radius 3 is 2.64 bits per heavy atom. The predicted molar refractivity (Wildman–Crippen MR) is 97.9 cm³/mol. The summed E-state index contributed by atoms with van der Waals surface area (Å²) in [6.07, 6.45) is 1.61. The van der Waals surface area contributed by atoms with Crippen LogP contribution in [0, 0.1) is 0 Å². The highest BCUT2D eigenvalue weighted by atomic mass is 35.5. The second-order valence-electron chi connectivity index (χ2n) is 6.35. The lowest BCUT2D eigenvalue weighted by Gasteiger charge is -2.38. The molecule has 1 heterocycles. The standard InChI is InChI=1S/C18H26ClN3O3/c1-3-20-16(23)13(2)22-17(24)21-12-18(7-9-25-10-8-18)14-5-4-6-15(19)11-14/h4-6,11,13H,3,7-10,12H2,1-2H3,(H,20,23)(H2,21,22,24)/t13-/m0/s1. The van der Waals surface area contributed by atoms with Crippen LogP contribution >= 0.6 is 11.6 Å². The Morgan fingerprint density at radius 1 is 1.28 bits per heavy atom. The lowest BCUT2D eigenvalue weighted by atomic mass is 9.74. The molecule has 138 valence electrons. The van der Waals surface area contributed by atoms with Crippen molar-refractivity contribution in [3.05, 3.63) is 34.9 Å². The van der Waals surface area contributed by atoms with Gasteiger partial charge in [-0.25, -0.2) is 4.79 Å². The Balaban J connectivity index is 2.01. The maximum absolute atomic E-state index is 12.2. The number of carbonyl (C=O) groups excluding carboxylic acids is 2. The number of benzene rings is 1. The van der Waals surface area contributed by atoms with Gasteiger partial charge in [-0.15, -0.1) is 0 Å². The van der Waals surface area contributed by atoms with Crippen LogP contribution < -0.4 is 16.0 Å². The Kier molecular flexibility index (Phi) is 7.08. The molecule has 1 aliphatic heterocycles. The van der Waals surface area contributed by atoms with Crippen LogP contribution in [0.3, 0.4) is 0 Å². The van der Waals surface area contributed by atoms with Crippen LogP contribution in [0.5, 0.6) is 0 Å². The van der Waals surface area contributed by atoms with Crippen molar-refractivity contribution in [2.24, 2.45) is 0 Å². The van der Waals surface area contributed by atoms with Gasteiger partial charge in [0.25, 0.3) is 0 Å². The molecule has 0 radical (unpaired) electrons. The van der Waals surface area contributed by atoms with E-state index in [0.717, 1.165) is 18.4 Å². The molecule has 1 saturated heterocycles. The average Bonchev–Trinajstić information content (AvgIpc) is 2.61. The van der Waals surface area contributed by atoms with Crippen LogP contribution in [0.4, 0.5) is 4.79 Å². The van der Waals surface area contributed by atoms with E-state index >= 15 is 0 Å². The summed E-state index contributed by atoms with van der Waals surface area (Å²) in [5.41, 5.74) is 0.885. The molecule has 0 spiro atoms. The van der Waals surface area contributed by atoms with Crippen molar-refractivity contribution in [2.45, 2.75) is 38.1 Å². The van der Waals surface area contributed by atoms with Gasteiger partial charge in [-0.3, -0.25) is 4.79 Å². The molecule has 0 aromatic heterocycles. The van der Waals surface area contributed by atoms with Crippen LogP contribution in [-0.4, -0.2) is 44.3 Å². The SMILES string of the molecule is CCNC(=O)[C@H](C)NC(=O)NCC1(c2cccc(Cl)c2)CCOCC1. The van der Waals surface area contributed by atoms with Crippen molar-refractivity contribution < 1.29 is 14.3 Å². The molecule has 1 atom stereocenters. The van der Waals surface area contributed by atoms with E-state index in [9.17, 15) is 9.59 Å². The smallest absolute Gasteiger partial charge is 0.315 e. The van der Waals surface area contributed by atoms with Crippen LogP contribution in [0.15, 0.2) is 24.3 Å². The quantitative estimate of drug-likeness (QED) is 0.721. The second kappa shape index (κ2) is 9.06. The summed E-state index contributed by atoms with van der Waals surface area (Å²) in [6, 6.07) is 6.80. The minimum atomic E-state index is -0.586. The van der Waals surface area contributed by atoms with Crippen molar-refractivity contribution in [2.75, 3.05) is 26.3 Å². The molecule has 3 N–H and O–H groups in total. The van der Waals surface area contributed by atoms with E-state index in [2.05, 4.69) is 16.0 Å². The third kappa shape index (κ3) is 5.34. The van der Waals surface area contributed by atoms with Gasteiger partial charge in [0.05, 0.1) is 0 Å². The number of nitrogens with one attached hydrogen (secondary N) is 3. The van der Waals surface area contributed by atoms with Gasteiger partial charge in [-0.1, -0.05) is 23.7 Å². The third-order valence-electron chi connectivity index (χ3n) is 4.57. The molecule has 0 unspecified atom stereocenters. The Hall–Kier alpha value is -1.79. The molecule has 0 saturated carbocycles. The molecular weight excluding hydrogens is 342 g/mol. The fourth-order valence-electron chi connectivity index (χ4n) is 3.04. The van der Waals surface area contributed by atoms with Gasteiger partial charge in [0.2, 0.25) is 5.91 Å². The topological polar surface area (TPSA) is 79.5 Å². The number of urea groups is 1. The van der Waals surface area contributed by atoms with Crippen molar-refractivity contribution in [1.82, 2.24) is 16.0 Å². The summed E-state index contributed by atoms with van der Waals surface area (Å²) < 4.78 is 5.49. The normalized spacial score (nSPS) is 17.4. The maximum atomic E-state index is 12.2. The van der Waals surface area contributed by atoms with E-state index < -0.39 is 6.04 Å². The molecule has 1 fully saturated rings. The monoisotopic (exact) mass is 367 g/mol. The summed E-state index contributed by atoms with van der Waals surface area (Å²) >= 11 is 6.15. The van der Waals surface area contributed by atoms with Crippen molar-refractivity contribution in [3.8, 4) is 0 Å². The molecule has 0 aliphatic carbocycles. The lowest BCUT2D eigenvalue weighted by Crippen LogP contribution is -2.52. The van der Waals surface area contributed by atoms with E-state index in [1.807, 2.05) is 31.2 Å². The fraction of sp³-hybridized carbons (Fsp3) is 0.556. The Morgan fingerprint density at radius 2 is 2.00 bits per heavy atom. The first-order valence-corrected chi connectivity index (χ1v) is 9.00. The van der Waals surface area contributed by atoms with Crippen LogP contribution in [0.25, 0.3) is 0 Å². The number of ether oxygens (including phenoxy) is 1. The molecule has 7 heteroatoms. The zero-order chi connectivity index (χ0) is 18.3. The summed E-state index contributed by atoms with van der Waals surface area (Å²) in [6.45, 7) is 5.78. The van der Waals surface area contributed by atoms with Gasteiger partial charge < -0.3 is 20.7 Å². The van der Waals surface area contributed by atoms with E-state index in [1.54, 1.807) is 6.92 Å². The van der Waals surface area contributed by atoms with Crippen LogP contribution in [0.2, 0.25) is 5.02 Å². The number of carbonyl (C=O) groups is 2. The number of likely N-dealkylation sites (N-methyl/N-ethyl adjacent to an activating group) is 1. The van der Waals surface area contributed by atoms with E-state index in [-0.39, 0.29) is 17.4 Å². The van der Waals surface area contributed by atoms with Gasteiger partial charge in [-0.05, 0) is 44.4 Å². The van der Waals surface area contributed by atoms with Crippen molar-refractivity contribution in [1.29, 1.82) is 0 Å². The first-order chi connectivity index (χ1) is 12.0. The number of rotatable bonds is 6. The number of halogens is 1. The fourth-order valence-corrected chi connectivity index (χ4v) is 3.23. The Labute approximate surface area is 153 Å². The number of amides is 3. The lowest BCUT2D eigenvalue weighted by molar-refractivity contribution is -0.122. The zero-order valence-corrected chi connectivity index (χ0v) is 15.5. The van der Waals surface area contributed by atoms with Gasteiger partial charge in [0.1, 0.15) is 6.04 Å². The zero-order valence-electron chi connectivity index (χ0n) is 14.7. The highest BCUT2D eigenvalue weighted by Crippen LogP contribution is 2.35. The van der Waals surface area contributed by atoms with Gasteiger partial charge in [0, 0.05) is 36.7 Å². The van der Waals surface area contributed by atoms with Crippen molar-refractivity contribution >= 4 is 23.5 Å². The molecule has 1 aromatic carbocycles. The molecule has 6 nitrogen and oxygen atoms in total. The van der Waals surface area contributed by atoms with Gasteiger partial charge in [-0.2, -0.15) is 0 Å². The van der Waals surface area contributed by atoms with E-state index in [4.69, 9.17) is 16.3 Å². The highest BCUT2D eigenvalue weighted by Gasteiger charge is 2.35. The molecule has 1 aliphatic rings. The molecule has 3 amide bonds. The molecular formula is C18H26ClN3O3. The maximum Gasteiger partial charge on any atom is 0.315 e. The van der Waals surface area contributed by atoms with Crippen LogP contribution in [-0.2, 0) is 14.9 Å². The molecule has 2 rings (SSSR count). The Bertz CT molecular complexity index is 603. The van der Waals surface area contributed by atoms with E-state index in [1.165, 1.54) is 0 Å². The summed E-state index contributed by atoms with van der Waals surface area (Å²) in [7, 11) is 0. The molecule has 0 bridgehead atoms. The highest BCUT2D eigenvalue weighted by molar-refractivity contribution is 6.30. The summed E-state index contributed by atoms with van der Waals surface area (Å²) in [4.78, 5) is 23.9. The first-order valence-electron chi connectivity index (χ1n) is 8.63. The second-order valence-corrected chi connectivity index (χ2v) is 6.78. The molecule has 25 heavy (non-hydrogen) atoms. The van der Waals surface area contributed by atoms with Crippen molar-refractivity contribution in [3.63, 3.8) is 0 Å². The largest absolute Gasteiger partial charge is 0.381 e. The van der Waals surface area contributed by atoms with Crippen LogP contribution in [0.1, 0.15) is 32.3 Å². The molecule has 1 aromatic rings. The summed E-state index contributed by atoms with van der Waals surface area (Å²) in [5, 5.41) is 8.94.